The summed E-state index contributed by atoms with van der Waals surface area (Å²) in [5.41, 5.74) is 1.85. The molecule has 0 saturated heterocycles. The van der Waals surface area contributed by atoms with Gasteiger partial charge in [-0.2, -0.15) is 0 Å². The first-order chi connectivity index (χ1) is 9.67. The molecule has 5 heteroatoms. The second-order valence-corrected chi connectivity index (χ2v) is 5.31. The van der Waals surface area contributed by atoms with Gasteiger partial charge >= 0.3 is 0 Å². The minimum absolute atomic E-state index is 0.0967. The van der Waals surface area contributed by atoms with Gasteiger partial charge in [-0.1, -0.05) is 6.92 Å². The van der Waals surface area contributed by atoms with Gasteiger partial charge in [0.1, 0.15) is 11.6 Å². The van der Waals surface area contributed by atoms with Crippen molar-refractivity contribution in [2.24, 2.45) is 0 Å². The van der Waals surface area contributed by atoms with Crippen molar-refractivity contribution in [2.45, 2.75) is 19.4 Å². The highest BCUT2D eigenvalue weighted by molar-refractivity contribution is 9.10. The fourth-order valence-electron chi connectivity index (χ4n) is 2.08. The van der Waals surface area contributed by atoms with Gasteiger partial charge in [-0.15, -0.1) is 0 Å². The van der Waals surface area contributed by atoms with E-state index < -0.39 is 0 Å². The highest BCUT2D eigenvalue weighted by Crippen LogP contribution is 2.34. The highest BCUT2D eigenvalue weighted by atomic mass is 79.9. The lowest BCUT2D eigenvalue weighted by Crippen LogP contribution is -2.23. The van der Waals surface area contributed by atoms with Gasteiger partial charge in [-0.3, -0.25) is 0 Å². The molecule has 0 aliphatic heterocycles. The topological polar surface area (TPSA) is 34.4 Å². The minimum atomic E-state index is -0.341. The second-order valence-electron chi connectivity index (χ2n) is 4.45. The molecular weight excluding hydrogens is 325 g/mol. The predicted molar refractivity (Wildman–Crippen MR) is 79.5 cm³/mol. The number of hydrogen-bond donors (Lipinski definition) is 1. The van der Waals surface area contributed by atoms with Crippen LogP contribution in [0.3, 0.4) is 0 Å². The van der Waals surface area contributed by atoms with E-state index in [-0.39, 0.29) is 11.9 Å². The Bertz CT molecular complexity index is 557. The third-order valence-electron chi connectivity index (χ3n) is 3.06. The lowest BCUT2D eigenvalue weighted by Gasteiger charge is -2.20. The Balaban J connectivity index is 2.45. The van der Waals surface area contributed by atoms with Crippen LogP contribution >= 0.6 is 15.9 Å². The van der Waals surface area contributed by atoms with Gasteiger partial charge in [0, 0.05) is 17.2 Å². The van der Waals surface area contributed by atoms with Gasteiger partial charge in [0.2, 0.25) is 0 Å². The predicted octanol–water partition coefficient (Wildman–Crippen LogP) is 4.28. The molecule has 0 aliphatic carbocycles. The van der Waals surface area contributed by atoms with Gasteiger partial charge in [-0.25, -0.2) is 4.39 Å². The van der Waals surface area contributed by atoms with Crippen LogP contribution in [0.1, 0.15) is 30.5 Å². The fourth-order valence-corrected chi connectivity index (χ4v) is 2.44. The Kier molecular flexibility index (Phi) is 5.20. The summed E-state index contributed by atoms with van der Waals surface area (Å²) in [6.07, 6.45) is 4.31. The molecule has 1 atom stereocenters. The highest BCUT2D eigenvalue weighted by Gasteiger charge is 2.20. The Morgan fingerprint density at radius 1 is 1.45 bits per heavy atom. The number of halogens is 2. The first-order valence-electron chi connectivity index (χ1n) is 6.45. The van der Waals surface area contributed by atoms with E-state index in [2.05, 4.69) is 28.2 Å². The van der Waals surface area contributed by atoms with E-state index in [0.29, 0.717) is 10.2 Å². The van der Waals surface area contributed by atoms with Crippen LogP contribution in [0.2, 0.25) is 0 Å². The molecule has 0 bridgehead atoms. The third kappa shape index (κ3) is 3.22. The summed E-state index contributed by atoms with van der Waals surface area (Å²) in [6.45, 7) is 2.94. The quantitative estimate of drug-likeness (QED) is 0.851. The van der Waals surface area contributed by atoms with Crippen molar-refractivity contribution in [3.63, 3.8) is 0 Å². The van der Waals surface area contributed by atoms with E-state index in [1.807, 2.05) is 6.07 Å². The summed E-state index contributed by atoms with van der Waals surface area (Å²) in [7, 11) is 1.54. The molecule has 0 radical (unpaired) electrons. The van der Waals surface area contributed by atoms with E-state index >= 15 is 0 Å². The molecule has 0 fully saturated rings. The second kappa shape index (κ2) is 6.90. The van der Waals surface area contributed by atoms with Crippen molar-refractivity contribution >= 4 is 15.9 Å². The van der Waals surface area contributed by atoms with Crippen LogP contribution < -0.4 is 10.1 Å². The Morgan fingerprint density at radius 3 is 2.85 bits per heavy atom. The third-order valence-corrected chi connectivity index (χ3v) is 3.67. The summed E-state index contributed by atoms with van der Waals surface area (Å²) in [4.78, 5) is 0. The Morgan fingerprint density at radius 2 is 2.25 bits per heavy atom. The van der Waals surface area contributed by atoms with Gasteiger partial charge in [0.05, 0.1) is 30.2 Å². The lowest BCUT2D eigenvalue weighted by atomic mass is 10.00. The molecule has 108 valence electrons. The van der Waals surface area contributed by atoms with Crippen LogP contribution in [0.4, 0.5) is 4.39 Å². The zero-order valence-electron chi connectivity index (χ0n) is 11.5. The molecule has 1 heterocycles. The van der Waals surface area contributed by atoms with E-state index in [0.717, 1.165) is 24.1 Å². The number of nitrogens with one attached hydrogen (secondary N) is 1. The molecular formula is C15H17BrFNO2. The molecule has 1 aromatic heterocycles. The van der Waals surface area contributed by atoms with Crippen LogP contribution in [0.5, 0.6) is 5.75 Å². The van der Waals surface area contributed by atoms with E-state index in [1.165, 1.54) is 6.07 Å². The molecule has 2 aromatic rings. The number of hydrogen-bond acceptors (Lipinski definition) is 3. The summed E-state index contributed by atoms with van der Waals surface area (Å²) >= 11 is 3.23. The summed E-state index contributed by atoms with van der Waals surface area (Å²) < 4.78 is 24.5. The molecule has 1 unspecified atom stereocenters. The molecule has 1 aromatic carbocycles. The first-order valence-corrected chi connectivity index (χ1v) is 7.25. The van der Waals surface area contributed by atoms with E-state index in [9.17, 15) is 4.39 Å². The van der Waals surface area contributed by atoms with Gasteiger partial charge in [0.25, 0.3) is 0 Å². The zero-order valence-corrected chi connectivity index (χ0v) is 13.0. The number of ether oxygens (including phenoxy) is 1. The lowest BCUT2D eigenvalue weighted by molar-refractivity contribution is 0.399. The van der Waals surface area contributed by atoms with Crippen LogP contribution in [0.25, 0.3) is 0 Å². The van der Waals surface area contributed by atoms with Crippen LogP contribution in [-0.2, 0) is 0 Å². The Hall–Kier alpha value is -1.33. The smallest absolute Gasteiger partial charge is 0.141 e. The number of rotatable bonds is 6. The fraction of sp³-hybridized carbons (Fsp3) is 0.333. The maximum atomic E-state index is 13.6. The van der Waals surface area contributed by atoms with Crippen LogP contribution in [0, 0.1) is 5.82 Å². The van der Waals surface area contributed by atoms with Crippen LogP contribution in [-0.4, -0.2) is 13.7 Å². The van der Waals surface area contributed by atoms with Crippen molar-refractivity contribution in [3.05, 3.63) is 52.1 Å². The maximum absolute atomic E-state index is 13.6. The summed E-state index contributed by atoms with van der Waals surface area (Å²) in [5, 5.41) is 3.43. The van der Waals surface area contributed by atoms with Gasteiger partial charge in [0.15, 0.2) is 0 Å². The average Bonchev–Trinajstić information content (AvgIpc) is 2.96. The number of benzene rings is 1. The molecule has 20 heavy (non-hydrogen) atoms. The van der Waals surface area contributed by atoms with Crippen molar-refractivity contribution in [2.75, 3.05) is 13.7 Å². The number of methoxy groups -OCH3 is 1. The molecule has 0 amide bonds. The Labute approximate surface area is 126 Å². The minimum Gasteiger partial charge on any atom is -0.496 e. The molecule has 2 rings (SSSR count). The van der Waals surface area contributed by atoms with Crippen LogP contribution in [0.15, 0.2) is 39.6 Å². The summed E-state index contributed by atoms with van der Waals surface area (Å²) in [6, 6.07) is 4.93. The molecule has 0 saturated carbocycles. The van der Waals surface area contributed by atoms with Crippen molar-refractivity contribution in [1.82, 2.24) is 5.32 Å². The zero-order chi connectivity index (χ0) is 14.5. The van der Waals surface area contributed by atoms with E-state index in [1.54, 1.807) is 25.7 Å². The van der Waals surface area contributed by atoms with Crippen molar-refractivity contribution in [1.29, 1.82) is 0 Å². The van der Waals surface area contributed by atoms with Gasteiger partial charge in [-0.05, 0) is 41.0 Å². The molecule has 1 N–H and O–H groups in total. The van der Waals surface area contributed by atoms with Crippen molar-refractivity contribution < 1.29 is 13.5 Å². The molecule has 3 nitrogen and oxygen atoms in total. The average molecular weight is 342 g/mol. The number of furan rings is 1. The molecule has 0 spiro atoms. The van der Waals surface area contributed by atoms with Crippen molar-refractivity contribution in [3.8, 4) is 5.75 Å². The monoisotopic (exact) mass is 341 g/mol. The standard InChI is InChI=1S/C15H17BrFNO2/c1-3-5-18-15(10-4-6-20-9-10)11-7-12(16)13(17)8-14(11)19-2/h4,6-9,15,18H,3,5H2,1-2H3. The maximum Gasteiger partial charge on any atom is 0.141 e. The van der Waals surface area contributed by atoms with E-state index in [4.69, 9.17) is 9.15 Å². The van der Waals surface area contributed by atoms with Gasteiger partial charge < -0.3 is 14.5 Å². The largest absolute Gasteiger partial charge is 0.496 e. The molecule has 0 aliphatic rings. The SMILES string of the molecule is CCCNC(c1ccoc1)c1cc(Br)c(F)cc1OC. The normalized spacial score (nSPS) is 12.4. The first kappa shape index (κ1) is 15.1. The summed E-state index contributed by atoms with van der Waals surface area (Å²) in [5.74, 6) is 0.174.